The van der Waals surface area contributed by atoms with Crippen LogP contribution >= 0.6 is 11.8 Å². The maximum atomic E-state index is 13.5. The largest absolute Gasteiger partial charge is 0.323 e. The minimum absolute atomic E-state index is 0.386. The van der Waals surface area contributed by atoms with E-state index >= 15 is 0 Å². The van der Waals surface area contributed by atoms with Crippen LogP contribution in [-0.2, 0) is 0 Å². The summed E-state index contributed by atoms with van der Waals surface area (Å²) < 4.78 is 26.3. The van der Waals surface area contributed by atoms with Crippen LogP contribution in [0.3, 0.4) is 0 Å². The summed E-state index contributed by atoms with van der Waals surface area (Å²) >= 11 is 1.70. The molecular formula is C14H22F2N2S. The molecule has 1 atom stereocenters. The van der Waals surface area contributed by atoms with Crippen molar-refractivity contribution in [1.82, 2.24) is 4.90 Å². The van der Waals surface area contributed by atoms with Gasteiger partial charge in [-0.05, 0) is 19.2 Å². The first kappa shape index (κ1) is 16.4. The Bertz CT molecular complexity index is 384. The fraction of sp³-hybridized carbons (Fsp3) is 0.571. The molecule has 19 heavy (non-hydrogen) atoms. The van der Waals surface area contributed by atoms with Crippen LogP contribution in [-0.4, -0.2) is 36.0 Å². The number of hydrogen-bond acceptors (Lipinski definition) is 3. The third-order valence-corrected chi connectivity index (χ3v) is 4.17. The predicted molar refractivity (Wildman–Crippen MR) is 78.4 cm³/mol. The number of thioether (sulfide) groups is 1. The molecule has 0 heterocycles. The van der Waals surface area contributed by atoms with Crippen LogP contribution < -0.4 is 5.73 Å². The molecule has 0 aliphatic heterocycles. The topological polar surface area (TPSA) is 29.3 Å². The van der Waals surface area contributed by atoms with Crippen molar-refractivity contribution in [2.45, 2.75) is 19.9 Å². The minimum Gasteiger partial charge on any atom is -0.323 e. The zero-order valence-corrected chi connectivity index (χ0v) is 12.4. The Morgan fingerprint density at radius 3 is 2.53 bits per heavy atom. The molecule has 5 heteroatoms. The molecule has 0 aliphatic carbocycles. The van der Waals surface area contributed by atoms with E-state index in [-0.39, 0.29) is 6.04 Å². The minimum atomic E-state index is -0.567. The molecule has 0 bridgehead atoms. The van der Waals surface area contributed by atoms with Crippen molar-refractivity contribution < 1.29 is 8.78 Å². The number of nitrogens with two attached hydrogens (primary N) is 1. The van der Waals surface area contributed by atoms with Crippen molar-refractivity contribution >= 4 is 11.8 Å². The fourth-order valence-corrected chi connectivity index (χ4v) is 2.82. The van der Waals surface area contributed by atoms with Gasteiger partial charge in [-0.3, -0.25) is 0 Å². The molecule has 0 spiro atoms. The highest BCUT2D eigenvalue weighted by Crippen LogP contribution is 2.20. The van der Waals surface area contributed by atoms with Crippen LogP contribution in [0.25, 0.3) is 0 Å². The fourth-order valence-electron chi connectivity index (χ4n) is 1.84. The highest BCUT2D eigenvalue weighted by molar-refractivity contribution is 7.99. The average Bonchev–Trinajstić information content (AvgIpc) is 2.38. The molecule has 2 nitrogen and oxygen atoms in total. The normalized spacial score (nSPS) is 12.9. The van der Waals surface area contributed by atoms with Gasteiger partial charge in [0.25, 0.3) is 0 Å². The molecule has 1 unspecified atom stereocenters. The monoisotopic (exact) mass is 288 g/mol. The van der Waals surface area contributed by atoms with E-state index in [1.165, 1.54) is 12.1 Å². The molecule has 0 aromatic heterocycles. The van der Waals surface area contributed by atoms with Crippen LogP contribution in [0.4, 0.5) is 8.78 Å². The second kappa shape index (κ2) is 8.51. The van der Waals surface area contributed by atoms with Crippen LogP contribution in [0.1, 0.15) is 25.5 Å². The lowest BCUT2D eigenvalue weighted by Crippen LogP contribution is -2.26. The van der Waals surface area contributed by atoms with Crippen LogP contribution in [0, 0.1) is 11.6 Å². The van der Waals surface area contributed by atoms with E-state index < -0.39 is 11.6 Å². The standard InChI is InChI=1S/C14H22F2N2S/c1-3-18(4-2)7-8-19-10-14(17)12-6-5-11(15)9-13(12)16/h5-6,9,14H,3-4,7-8,10,17H2,1-2H3. The van der Waals surface area contributed by atoms with E-state index in [4.69, 9.17) is 5.73 Å². The number of benzene rings is 1. The molecule has 0 radical (unpaired) electrons. The van der Waals surface area contributed by atoms with Crippen molar-refractivity contribution in [2.24, 2.45) is 5.73 Å². The van der Waals surface area contributed by atoms with E-state index in [2.05, 4.69) is 18.7 Å². The number of nitrogens with zero attached hydrogens (tertiary/aromatic N) is 1. The predicted octanol–water partition coefficient (Wildman–Crippen LogP) is 3.04. The average molecular weight is 288 g/mol. The van der Waals surface area contributed by atoms with Gasteiger partial charge in [-0.2, -0.15) is 11.8 Å². The molecule has 108 valence electrons. The first-order chi connectivity index (χ1) is 9.08. The van der Waals surface area contributed by atoms with E-state index in [0.717, 1.165) is 31.5 Å². The highest BCUT2D eigenvalue weighted by atomic mass is 32.2. The zero-order chi connectivity index (χ0) is 14.3. The summed E-state index contributed by atoms with van der Waals surface area (Å²) in [5, 5.41) is 0. The summed E-state index contributed by atoms with van der Waals surface area (Å²) in [6.45, 7) is 7.35. The Kier molecular flexibility index (Phi) is 7.34. The van der Waals surface area contributed by atoms with Gasteiger partial charge in [-0.25, -0.2) is 8.78 Å². The lowest BCUT2D eigenvalue weighted by atomic mass is 10.1. The molecular weight excluding hydrogens is 266 g/mol. The van der Waals surface area contributed by atoms with Gasteiger partial charge in [0.2, 0.25) is 0 Å². The van der Waals surface area contributed by atoms with Gasteiger partial charge in [0.1, 0.15) is 11.6 Å². The van der Waals surface area contributed by atoms with E-state index in [1.54, 1.807) is 11.8 Å². The van der Waals surface area contributed by atoms with Crippen molar-refractivity contribution in [3.63, 3.8) is 0 Å². The number of hydrogen-bond donors (Lipinski definition) is 1. The van der Waals surface area contributed by atoms with Crippen molar-refractivity contribution in [3.8, 4) is 0 Å². The molecule has 2 N–H and O–H groups in total. The highest BCUT2D eigenvalue weighted by Gasteiger charge is 2.12. The third-order valence-electron chi connectivity index (χ3n) is 3.11. The van der Waals surface area contributed by atoms with Gasteiger partial charge in [0.05, 0.1) is 0 Å². The molecule has 0 aliphatic rings. The lowest BCUT2D eigenvalue weighted by Gasteiger charge is -2.18. The van der Waals surface area contributed by atoms with E-state index in [9.17, 15) is 8.78 Å². The van der Waals surface area contributed by atoms with Gasteiger partial charge in [0.15, 0.2) is 0 Å². The Hall–Kier alpha value is -0.650. The smallest absolute Gasteiger partial charge is 0.130 e. The van der Waals surface area contributed by atoms with Gasteiger partial charge in [-0.15, -0.1) is 0 Å². The van der Waals surface area contributed by atoms with Gasteiger partial charge in [-0.1, -0.05) is 19.9 Å². The summed E-state index contributed by atoms with van der Waals surface area (Å²) in [5.41, 5.74) is 6.32. The van der Waals surface area contributed by atoms with Crippen LogP contribution in [0.2, 0.25) is 0 Å². The maximum Gasteiger partial charge on any atom is 0.130 e. The first-order valence-electron chi connectivity index (χ1n) is 6.59. The Balaban J connectivity index is 2.37. The molecule has 1 aromatic rings. The van der Waals surface area contributed by atoms with Crippen molar-refractivity contribution in [1.29, 1.82) is 0 Å². The molecule has 0 fully saturated rings. The van der Waals surface area contributed by atoms with Gasteiger partial charge < -0.3 is 10.6 Å². The number of rotatable bonds is 8. The van der Waals surface area contributed by atoms with Crippen molar-refractivity contribution in [3.05, 3.63) is 35.4 Å². The van der Waals surface area contributed by atoms with Gasteiger partial charge >= 0.3 is 0 Å². The summed E-state index contributed by atoms with van der Waals surface area (Å²) in [5.74, 6) is 0.488. The summed E-state index contributed by atoms with van der Waals surface area (Å²) in [7, 11) is 0. The Labute approximate surface area is 118 Å². The van der Waals surface area contributed by atoms with E-state index in [1.807, 2.05) is 0 Å². The lowest BCUT2D eigenvalue weighted by molar-refractivity contribution is 0.324. The SMILES string of the molecule is CCN(CC)CCSCC(N)c1ccc(F)cc1F. The third kappa shape index (κ3) is 5.47. The molecule has 0 saturated carbocycles. The van der Waals surface area contributed by atoms with Crippen LogP contribution in [0.5, 0.6) is 0 Å². The molecule has 0 saturated heterocycles. The summed E-state index contributed by atoms with van der Waals surface area (Å²) in [6, 6.07) is 3.18. The Morgan fingerprint density at radius 1 is 1.26 bits per heavy atom. The van der Waals surface area contributed by atoms with E-state index in [0.29, 0.717) is 11.3 Å². The van der Waals surface area contributed by atoms with Crippen LogP contribution in [0.15, 0.2) is 18.2 Å². The van der Waals surface area contributed by atoms with Crippen molar-refractivity contribution in [2.75, 3.05) is 31.1 Å². The molecule has 0 amide bonds. The second-order valence-corrected chi connectivity index (χ2v) is 5.52. The summed E-state index contributed by atoms with van der Waals surface area (Å²) in [4.78, 5) is 2.33. The quantitative estimate of drug-likeness (QED) is 0.746. The Morgan fingerprint density at radius 2 is 1.95 bits per heavy atom. The maximum absolute atomic E-state index is 13.5. The first-order valence-corrected chi connectivity index (χ1v) is 7.74. The molecule has 1 rings (SSSR count). The molecule has 1 aromatic carbocycles. The zero-order valence-electron chi connectivity index (χ0n) is 11.5. The number of halogens is 2. The summed E-state index contributed by atoms with van der Waals surface area (Å²) in [6.07, 6.45) is 0. The van der Waals surface area contributed by atoms with Gasteiger partial charge in [0, 0.05) is 35.7 Å². The second-order valence-electron chi connectivity index (χ2n) is 4.37.